The molecule has 0 radical (unpaired) electrons. The van der Waals surface area contributed by atoms with Crippen LogP contribution in [0.5, 0.6) is 0 Å². The monoisotopic (exact) mass is 392 g/mol. The summed E-state index contributed by atoms with van der Waals surface area (Å²) in [7, 11) is 0. The number of amides is 1. The highest BCUT2D eigenvalue weighted by atomic mass is 35.5. The lowest BCUT2D eigenvalue weighted by Gasteiger charge is -2.22. The second-order valence-corrected chi connectivity index (χ2v) is 7.42. The molecular weight excluding hydrogens is 368 g/mol. The van der Waals surface area contributed by atoms with Crippen molar-refractivity contribution >= 4 is 17.5 Å². The first-order valence-electron chi connectivity index (χ1n) is 9.44. The summed E-state index contributed by atoms with van der Waals surface area (Å²) in [6.07, 6.45) is 5.86. The van der Waals surface area contributed by atoms with Crippen LogP contribution in [0.1, 0.15) is 54.6 Å². The van der Waals surface area contributed by atoms with Crippen molar-refractivity contribution in [3.63, 3.8) is 0 Å². The van der Waals surface area contributed by atoms with Gasteiger partial charge in [0.1, 0.15) is 17.7 Å². The summed E-state index contributed by atoms with van der Waals surface area (Å²) in [5.74, 6) is 0.241. The Labute approximate surface area is 163 Å². The third-order valence-corrected chi connectivity index (χ3v) is 5.38. The van der Waals surface area contributed by atoms with Crippen molar-refractivity contribution in [2.24, 2.45) is 5.92 Å². The van der Waals surface area contributed by atoms with E-state index in [-0.39, 0.29) is 18.1 Å². The van der Waals surface area contributed by atoms with Gasteiger partial charge in [0.15, 0.2) is 0 Å². The van der Waals surface area contributed by atoms with E-state index in [1.807, 2.05) is 0 Å². The minimum Gasteiger partial charge on any atom is -0.396 e. The lowest BCUT2D eigenvalue weighted by molar-refractivity contribution is 0.0532. The highest BCUT2D eigenvalue weighted by Gasteiger charge is 2.24. The van der Waals surface area contributed by atoms with Crippen molar-refractivity contribution in [2.75, 3.05) is 6.61 Å². The molecule has 6 nitrogen and oxygen atoms in total. The summed E-state index contributed by atoms with van der Waals surface area (Å²) in [4.78, 5) is 12.7. The van der Waals surface area contributed by atoms with Crippen LogP contribution in [-0.4, -0.2) is 34.1 Å². The SMILES string of the molecule is O=C(NC(O)C1CCCCCC1)c1cc(-c2cc(CCO)on2)ccc1Cl. The predicted octanol–water partition coefficient (Wildman–Crippen LogP) is 3.55. The molecule has 3 rings (SSSR count). The van der Waals surface area contributed by atoms with E-state index in [0.29, 0.717) is 28.5 Å². The molecule has 0 saturated heterocycles. The highest BCUT2D eigenvalue weighted by Crippen LogP contribution is 2.27. The zero-order chi connectivity index (χ0) is 19.2. The number of nitrogens with one attached hydrogen (secondary N) is 1. The van der Waals surface area contributed by atoms with Gasteiger partial charge in [-0.05, 0) is 25.0 Å². The number of hydrogen-bond acceptors (Lipinski definition) is 5. The molecule has 0 aliphatic heterocycles. The molecule has 1 atom stereocenters. The molecule has 1 saturated carbocycles. The summed E-state index contributed by atoms with van der Waals surface area (Å²) in [5.41, 5.74) is 1.53. The van der Waals surface area contributed by atoms with Crippen molar-refractivity contribution in [2.45, 2.75) is 51.2 Å². The molecule has 3 N–H and O–H groups in total. The number of aliphatic hydroxyl groups excluding tert-OH is 2. The van der Waals surface area contributed by atoms with E-state index in [1.54, 1.807) is 24.3 Å². The van der Waals surface area contributed by atoms with Crippen molar-refractivity contribution < 1.29 is 19.5 Å². The van der Waals surface area contributed by atoms with E-state index in [0.717, 1.165) is 25.7 Å². The summed E-state index contributed by atoms with van der Waals surface area (Å²) in [5, 5.41) is 26.4. The van der Waals surface area contributed by atoms with Crippen LogP contribution in [0.15, 0.2) is 28.8 Å². The number of benzene rings is 1. The van der Waals surface area contributed by atoms with E-state index in [2.05, 4.69) is 10.5 Å². The molecule has 1 unspecified atom stereocenters. The van der Waals surface area contributed by atoms with Crippen LogP contribution < -0.4 is 5.32 Å². The second-order valence-electron chi connectivity index (χ2n) is 7.02. The number of carbonyl (C=O) groups excluding carboxylic acids is 1. The van der Waals surface area contributed by atoms with Gasteiger partial charge in [0.2, 0.25) is 0 Å². The Morgan fingerprint density at radius 2 is 2.00 bits per heavy atom. The fourth-order valence-electron chi connectivity index (χ4n) is 3.49. The van der Waals surface area contributed by atoms with Gasteiger partial charge in [0.25, 0.3) is 5.91 Å². The maximum atomic E-state index is 12.7. The standard InChI is InChI=1S/C20H25ClN2O4/c21-17-8-7-14(18-12-15(9-10-24)27-23-18)11-16(17)20(26)22-19(25)13-5-3-1-2-4-6-13/h7-8,11-13,19,24-25H,1-6,9-10H2,(H,22,26). The van der Waals surface area contributed by atoms with E-state index in [9.17, 15) is 9.90 Å². The Kier molecular flexibility index (Phi) is 6.88. The number of carbonyl (C=O) groups is 1. The maximum Gasteiger partial charge on any atom is 0.254 e. The summed E-state index contributed by atoms with van der Waals surface area (Å²) in [6.45, 7) is -0.0258. The first-order chi connectivity index (χ1) is 13.1. The summed E-state index contributed by atoms with van der Waals surface area (Å²) >= 11 is 6.21. The van der Waals surface area contributed by atoms with Crippen molar-refractivity contribution in [3.05, 3.63) is 40.6 Å². The molecule has 1 amide bonds. The molecule has 1 aromatic carbocycles. The first-order valence-corrected chi connectivity index (χ1v) is 9.81. The van der Waals surface area contributed by atoms with E-state index in [1.165, 1.54) is 12.8 Å². The lowest BCUT2D eigenvalue weighted by Crippen LogP contribution is -2.40. The lowest BCUT2D eigenvalue weighted by atomic mass is 9.98. The van der Waals surface area contributed by atoms with Crippen molar-refractivity contribution in [3.8, 4) is 11.3 Å². The fourth-order valence-corrected chi connectivity index (χ4v) is 3.70. The molecule has 1 fully saturated rings. The third-order valence-electron chi connectivity index (χ3n) is 5.05. The normalized spacial score (nSPS) is 16.7. The van der Waals surface area contributed by atoms with Gasteiger partial charge in [-0.2, -0.15) is 0 Å². The van der Waals surface area contributed by atoms with Crippen LogP contribution >= 0.6 is 11.6 Å². The second kappa shape index (κ2) is 9.35. The topological polar surface area (TPSA) is 95.6 Å². The zero-order valence-corrected chi connectivity index (χ0v) is 15.9. The minimum absolute atomic E-state index is 0.0258. The Morgan fingerprint density at radius 1 is 1.26 bits per heavy atom. The number of nitrogens with zero attached hydrogens (tertiary/aromatic N) is 1. The van der Waals surface area contributed by atoms with Gasteiger partial charge in [-0.25, -0.2) is 0 Å². The molecule has 0 spiro atoms. The van der Waals surface area contributed by atoms with Crippen molar-refractivity contribution in [1.29, 1.82) is 0 Å². The molecular formula is C20H25ClN2O4. The van der Waals surface area contributed by atoms with Gasteiger partial charge >= 0.3 is 0 Å². The van der Waals surface area contributed by atoms with Crippen LogP contribution in [0.25, 0.3) is 11.3 Å². The molecule has 1 heterocycles. The highest BCUT2D eigenvalue weighted by molar-refractivity contribution is 6.34. The molecule has 1 aliphatic rings. The van der Waals surface area contributed by atoms with Crippen molar-refractivity contribution in [1.82, 2.24) is 10.5 Å². The number of aliphatic hydroxyl groups is 2. The number of rotatable bonds is 6. The molecule has 27 heavy (non-hydrogen) atoms. The number of aromatic nitrogens is 1. The van der Waals surface area contributed by atoms with Gasteiger partial charge in [-0.1, -0.05) is 48.5 Å². The van der Waals surface area contributed by atoms with Gasteiger partial charge in [-0.3, -0.25) is 4.79 Å². The first kappa shape index (κ1) is 19.9. The molecule has 1 aromatic heterocycles. The van der Waals surface area contributed by atoms with Gasteiger partial charge in [0, 0.05) is 24.0 Å². The Hall–Kier alpha value is -1.89. The third kappa shape index (κ3) is 5.09. The van der Waals surface area contributed by atoms with E-state index < -0.39 is 12.1 Å². The Balaban J connectivity index is 1.73. The zero-order valence-electron chi connectivity index (χ0n) is 15.2. The van der Waals surface area contributed by atoms with Crippen LogP contribution in [0, 0.1) is 5.92 Å². The molecule has 0 bridgehead atoms. The van der Waals surface area contributed by atoms with Gasteiger partial charge in [-0.15, -0.1) is 0 Å². The molecule has 146 valence electrons. The quantitative estimate of drug-likeness (QED) is 0.516. The number of hydrogen-bond donors (Lipinski definition) is 3. The van der Waals surface area contributed by atoms with Crippen LogP contribution in [0.2, 0.25) is 5.02 Å². The van der Waals surface area contributed by atoms with Crippen LogP contribution in [-0.2, 0) is 6.42 Å². The predicted molar refractivity (Wildman–Crippen MR) is 102 cm³/mol. The van der Waals surface area contributed by atoms with E-state index >= 15 is 0 Å². The average molecular weight is 393 g/mol. The van der Waals surface area contributed by atoms with Crippen LogP contribution in [0.4, 0.5) is 0 Å². The van der Waals surface area contributed by atoms with Crippen LogP contribution in [0.3, 0.4) is 0 Å². The van der Waals surface area contributed by atoms with E-state index in [4.69, 9.17) is 21.2 Å². The van der Waals surface area contributed by atoms with Gasteiger partial charge < -0.3 is 20.1 Å². The molecule has 2 aromatic rings. The summed E-state index contributed by atoms with van der Waals surface area (Å²) < 4.78 is 5.16. The molecule has 7 heteroatoms. The summed E-state index contributed by atoms with van der Waals surface area (Å²) in [6, 6.07) is 6.74. The van der Waals surface area contributed by atoms with Gasteiger partial charge in [0.05, 0.1) is 17.2 Å². The fraction of sp³-hybridized carbons (Fsp3) is 0.500. The Morgan fingerprint density at radius 3 is 2.70 bits per heavy atom. The average Bonchev–Trinajstić information content (AvgIpc) is 2.95. The molecule has 1 aliphatic carbocycles. The smallest absolute Gasteiger partial charge is 0.254 e. The largest absolute Gasteiger partial charge is 0.396 e. The maximum absolute atomic E-state index is 12.7. The minimum atomic E-state index is -0.876. The Bertz CT molecular complexity index is 769. The number of halogens is 1.